The number of aliphatic hydroxyl groups is 1. The smallest absolute Gasteiger partial charge is 0.315 e. The molecule has 0 spiro atoms. The van der Waals surface area contributed by atoms with E-state index in [9.17, 15) is 23.1 Å². The van der Waals surface area contributed by atoms with Gasteiger partial charge in [0.05, 0.1) is 6.04 Å². The van der Waals surface area contributed by atoms with E-state index >= 15 is 0 Å². The lowest BCUT2D eigenvalue weighted by Gasteiger charge is -2.22. The number of carbonyl (C=O) groups is 1. The maximum Gasteiger partial charge on any atom is 0.315 e. The molecule has 1 amide bonds. The number of hydrogen-bond donors (Lipinski definition) is 3. The molecule has 0 aliphatic heterocycles. The van der Waals surface area contributed by atoms with Crippen LogP contribution < -0.4 is 11.1 Å². The topological polar surface area (TPSA) is 88.2 Å². The molecule has 1 aromatic heterocycles. The molecule has 0 bridgehead atoms. The third-order valence-corrected chi connectivity index (χ3v) is 3.45. The Balaban J connectivity index is 2.13. The molecule has 0 saturated carbocycles. The number of nitrogens with two attached hydrogens (primary N) is 1. The fourth-order valence-corrected chi connectivity index (χ4v) is 2.13. The number of anilines is 1. The van der Waals surface area contributed by atoms with Gasteiger partial charge in [0.2, 0.25) is 0 Å². The zero-order valence-corrected chi connectivity index (χ0v) is 12.5. The number of amides is 1. The van der Waals surface area contributed by atoms with Crippen LogP contribution in [0.15, 0.2) is 42.6 Å². The van der Waals surface area contributed by atoms with Gasteiger partial charge in [-0.25, -0.2) is 9.37 Å². The van der Waals surface area contributed by atoms with E-state index < -0.39 is 31.2 Å². The molecule has 1 heterocycles. The minimum absolute atomic E-state index is 0.291. The summed E-state index contributed by atoms with van der Waals surface area (Å²) in [5.41, 5.74) is 7.38. The van der Waals surface area contributed by atoms with Gasteiger partial charge in [-0.3, -0.25) is 4.79 Å². The van der Waals surface area contributed by atoms with Crippen molar-refractivity contribution in [3.05, 3.63) is 48.2 Å². The maximum atomic E-state index is 13.0. The predicted octanol–water partition coefficient (Wildman–Crippen LogP) is 2.08. The third-order valence-electron chi connectivity index (χ3n) is 3.45. The van der Waals surface area contributed by atoms with Gasteiger partial charge in [0.15, 0.2) is 0 Å². The van der Waals surface area contributed by atoms with Gasteiger partial charge in [-0.2, -0.15) is 8.78 Å². The van der Waals surface area contributed by atoms with Crippen molar-refractivity contribution < 1.29 is 23.1 Å². The molecule has 8 heteroatoms. The first-order valence-corrected chi connectivity index (χ1v) is 7.06. The average molecular weight is 339 g/mol. The highest BCUT2D eigenvalue weighted by molar-refractivity contribution is 5.79. The molecule has 2 rings (SSSR count). The predicted molar refractivity (Wildman–Crippen MR) is 83.0 cm³/mol. The Morgan fingerprint density at radius 1 is 1.17 bits per heavy atom. The highest BCUT2D eigenvalue weighted by Gasteiger charge is 2.26. The van der Waals surface area contributed by atoms with Crippen molar-refractivity contribution in [1.29, 1.82) is 0 Å². The molecule has 5 nitrogen and oxygen atoms in total. The summed E-state index contributed by atoms with van der Waals surface area (Å²) in [5, 5.41) is 11.9. The number of alkyl halides is 3. The highest BCUT2D eigenvalue weighted by atomic mass is 19.3. The van der Waals surface area contributed by atoms with Crippen LogP contribution in [0.4, 0.5) is 19.0 Å². The lowest BCUT2D eigenvalue weighted by molar-refractivity contribution is -0.133. The summed E-state index contributed by atoms with van der Waals surface area (Å²) in [4.78, 5) is 14.9. The largest absolute Gasteiger partial charge is 0.386 e. The second-order valence-corrected chi connectivity index (χ2v) is 5.11. The molecule has 0 saturated heterocycles. The first-order chi connectivity index (χ1) is 11.4. The Morgan fingerprint density at radius 3 is 2.29 bits per heavy atom. The monoisotopic (exact) mass is 339 g/mol. The van der Waals surface area contributed by atoms with Crippen LogP contribution >= 0.6 is 0 Å². The van der Waals surface area contributed by atoms with E-state index in [0.29, 0.717) is 11.4 Å². The third kappa shape index (κ3) is 4.23. The minimum Gasteiger partial charge on any atom is -0.386 e. The zero-order valence-electron chi connectivity index (χ0n) is 12.5. The van der Waals surface area contributed by atoms with Gasteiger partial charge >= 0.3 is 6.43 Å². The van der Waals surface area contributed by atoms with Crippen molar-refractivity contribution in [1.82, 2.24) is 10.3 Å². The van der Waals surface area contributed by atoms with Crippen molar-refractivity contribution in [2.75, 3.05) is 12.4 Å². The number of nitrogen functional groups attached to an aromatic ring is 1. The van der Waals surface area contributed by atoms with Crippen molar-refractivity contribution in [2.24, 2.45) is 0 Å². The lowest BCUT2D eigenvalue weighted by atomic mass is 9.99. The maximum absolute atomic E-state index is 13.0. The van der Waals surface area contributed by atoms with Crippen molar-refractivity contribution in [3.8, 4) is 11.1 Å². The molecule has 2 atom stereocenters. The number of hydrogen-bond acceptors (Lipinski definition) is 4. The Labute approximate surface area is 136 Å². The molecule has 1 aromatic carbocycles. The Hall–Kier alpha value is -2.61. The fourth-order valence-electron chi connectivity index (χ4n) is 2.13. The number of nitrogens with zero attached hydrogens (tertiary/aromatic N) is 1. The van der Waals surface area contributed by atoms with Crippen LogP contribution in [0.1, 0.15) is 11.7 Å². The molecule has 0 aliphatic carbocycles. The SMILES string of the molecule is Nc1ccc(-c2ccc([C@@H](O)[C@@H](CF)NC(=O)C(F)F)cc2)cn1. The van der Waals surface area contributed by atoms with Crippen molar-refractivity contribution >= 4 is 11.7 Å². The first kappa shape index (κ1) is 17.7. The van der Waals surface area contributed by atoms with Crippen molar-refractivity contribution in [2.45, 2.75) is 18.6 Å². The lowest BCUT2D eigenvalue weighted by Crippen LogP contribution is -2.43. The van der Waals surface area contributed by atoms with Gasteiger partial charge in [0.25, 0.3) is 5.91 Å². The Bertz CT molecular complexity index is 678. The van der Waals surface area contributed by atoms with E-state index in [1.807, 2.05) is 0 Å². The summed E-state index contributed by atoms with van der Waals surface area (Å²) in [5.74, 6) is -1.24. The van der Waals surface area contributed by atoms with Crippen LogP contribution in [0.3, 0.4) is 0 Å². The Kier molecular flexibility index (Phi) is 5.75. The fraction of sp³-hybridized carbons (Fsp3) is 0.250. The average Bonchev–Trinajstić information content (AvgIpc) is 2.59. The quantitative estimate of drug-likeness (QED) is 0.752. The van der Waals surface area contributed by atoms with Crippen LogP contribution in [-0.4, -0.2) is 35.1 Å². The number of aromatic nitrogens is 1. The van der Waals surface area contributed by atoms with E-state index in [1.54, 1.807) is 35.8 Å². The molecule has 4 N–H and O–H groups in total. The molecule has 0 radical (unpaired) electrons. The summed E-state index contributed by atoms with van der Waals surface area (Å²) in [7, 11) is 0. The number of benzene rings is 1. The van der Waals surface area contributed by atoms with Crippen LogP contribution in [0, 0.1) is 0 Å². The molecule has 128 valence electrons. The van der Waals surface area contributed by atoms with Crippen LogP contribution in [0.25, 0.3) is 11.1 Å². The Morgan fingerprint density at radius 2 is 1.79 bits per heavy atom. The number of pyridine rings is 1. The summed E-state index contributed by atoms with van der Waals surface area (Å²) >= 11 is 0. The molecule has 0 unspecified atom stereocenters. The molecule has 2 aromatic rings. The van der Waals surface area contributed by atoms with Gasteiger partial charge in [0, 0.05) is 11.8 Å². The molecule has 24 heavy (non-hydrogen) atoms. The second-order valence-electron chi connectivity index (χ2n) is 5.11. The van der Waals surface area contributed by atoms with E-state index in [1.165, 1.54) is 12.1 Å². The van der Waals surface area contributed by atoms with Crippen LogP contribution in [0.5, 0.6) is 0 Å². The normalized spacial score (nSPS) is 13.5. The van der Waals surface area contributed by atoms with Crippen LogP contribution in [-0.2, 0) is 4.79 Å². The summed E-state index contributed by atoms with van der Waals surface area (Å²) in [6.45, 7) is -1.18. The van der Waals surface area contributed by atoms with E-state index in [0.717, 1.165) is 11.1 Å². The van der Waals surface area contributed by atoms with Crippen LogP contribution in [0.2, 0.25) is 0 Å². The molecular formula is C16H16F3N3O2. The number of carbonyl (C=O) groups excluding carboxylic acids is 1. The number of rotatable bonds is 6. The standard InChI is InChI=1S/C16H16F3N3O2/c17-7-12(22-16(24)15(18)19)14(23)10-3-1-9(2-4-10)11-5-6-13(20)21-8-11/h1-6,8,12,14-15,23H,7H2,(H2,20,21)(H,22,24)/t12-,14-/m1/s1. The summed E-state index contributed by atoms with van der Waals surface area (Å²) in [6, 6.07) is 8.32. The zero-order chi connectivity index (χ0) is 17.7. The highest BCUT2D eigenvalue weighted by Crippen LogP contribution is 2.23. The number of halogens is 3. The second kappa shape index (κ2) is 7.78. The van der Waals surface area contributed by atoms with Gasteiger partial charge in [-0.1, -0.05) is 24.3 Å². The molecular weight excluding hydrogens is 323 g/mol. The summed E-state index contributed by atoms with van der Waals surface area (Å²) < 4.78 is 37.4. The van der Waals surface area contributed by atoms with Crippen molar-refractivity contribution in [3.63, 3.8) is 0 Å². The summed E-state index contributed by atoms with van der Waals surface area (Å²) in [6.07, 6.45) is -3.14. The first-order valence-electron chi connectivity index (χ1n) is 7.06. The van der Waals surface area contributed by atoms with Gasteiger partial charge in [-0.15, -0.1) is 0 Å². The molecule has 0 aliphatic rings. The number of aliphatic hydroxyl groups excluding tert-OH is 1. The van der Waals surface area contributed by atoms with Gasteiger partial charge < -0.3 is 16.2 Å². The van der Waals surface area contributed by atoms with Gasteiger partial charge in [0.1, 0.15) is 18.6 Å². The van der Waals surface area contributed by atoms with Gasteiger partial charge in [-0.05, 0) is 23.3 Å². The van der Waals surface area contributed by atoms with E-state index in [-0.39, 0.29) is 0 Å². The van der Waals surface area contributed by atoms with E-state index in [2.05, 4.69) is 4.98 Å². The minimum atomic E-state index is -3.27. The molecule has 0 fully saturated rings. The van der Waals surface area contributed by atoms with E-state index in [4.69, 9.17) is 5.73 Å². The number of nitrogens with one attached hydrogen (secondary N) is 1.